The molecule has 1 unspecified atom stereocenters. The van der Waals surface area contributed by atoms with Gasteiger partial charge in [-0.1, -0.05) is 0 Å². The first kappa shape index (κ1) is 12.6. The van der Waals surface area contributed by atoms with Crippen molar-refractivity contribution in [2.45, 2.75) is 51.6 Å². The Morgan fingerprint density at radius 2 is 2.29 bits per heavy atom. The van der Waals surface area contributed by atoms with Gasteiger partial charge in [-0.2, -0.15) is 5.10 Å². The van der Waals surface area contributed by atoms with E-state index in [1.807, 2.05) is 6.92 Å². The van der Waals surface area contributed by atoms with Crippen LogP contribution in [0.25, 0.3) is 0 Å². The molecule has 0 spiro atoms. The first-order valence-corrected chi connectivity index (χ1v) is 6.53. The van der Waals surface area contributed by atoms with Gasteiger partial charge in [-0.3, -0.25) is 4.68 Å². The van der Waals surface area contributed by atoms with Gasteiger partial charge in [0.1, 0.15) is 0 Å². The summed E-state index contributed by atoms with van der Waals surface area (Å²) < 4.78 is 7.55. The van der Waals surface area contributed by atoms with E-state index in [4.69, 9.17) is 10.5 Å². The zero-order valence-electron chi connectivity index (χ0n) is 10.9. The number of rotatable bonds is 3. The molecule has 1 aromatic rings. The zero-order chi connectivity index (χ0) is 12.3. The van der Waals surface area contributed by atoms with E-state index in [-0.39, 0.29) is 5.54 Å². The summed E-state index contributed by atoms with van der Waals surface area (Å²) in [7, 11) is 0. The van der Waals surface area contributed by atoms with Crippen LogP contribution >= 0.6 is 0 Å². The Labute approximate surface area is 103 Å². The third-order valence-electron chi connectivity index (χ3n) is 3.53. The minimum absolute atomic E-state index is 0.115. The Hall–Kier alpha value is -0.870. The van der Waals surface area contributed by atoms with Crippen LogP contribution in [0.4, 0.5) is 0 Å². The van der Waals surface area contributed by atoms with E-state index < -0.39 is 0 Å². The maximum Gasteiger partial charge on any atom is 0.0596 e. The third-order valence-corrected chi connectivity index (χ3v) is 3.53. The highest BCUT2D eigenvalue weighted by atomic mass is 16.5. The quantitative estimate of drug-likeness (QED) is 0.869. The minimum Gasteiger partial charge on any atom is -0.381 e. The lowest BCUT2D eigenvalue weighted by atomic mass is 9.87. The molecule has 96 valence electrons. The van der Waals surface area contributed by atoms with Crippen LogP contribution in [0.2, 0.25) is 0 Å². The Balaban J connectivity index is 2.12. The Morgan fingerprint density at radius 3 is 3.06 bits per heavy atom. The normalized spacial score (nSPS) is 25.8. The summed E-state index contributed by atoms with van der Waals surface area (Å²) in [6.45, 7) is 6.71. The predicted octanol–water partition coefficient (Wildman–Crippen LogP) is 1.65. The molecular weight excluding hydrogens is 214 g/mol. The van der Waals surface area contributed by atoms with E-state index in [2.05, 4.69) is 22.8 Å². The lowest BCUT2D eigenvalue weighted by Crippen LogP contribution is -2.42. The molecule has 1 aromatic heterocycles. The fourth-order valence-corrected chi connectivity index (χ4v) is 2.58. The van der Waals surface area contributed by atoms with Crippen LogP contribution in [0.15, 0.2) is 6.07 Å². The minimum atomic E-state index is -0.115. The largest absolute Gasteiger partial charge is 0.381 e. The number of nitrogens with zero attached hydrogens (tertiary/aromatic N) is 2. The second-order valence-corrected chi connectivity index (χ2v) is 5.10. The van der Waals surface area contributed by atoms with E-state index in [0.29, 0.717) is 0 Å². The fraction of sp³-hybridized carbons (Fsp3) is 0.769. The summed E-state index contributed by atoms with van der Waals surface area (Å²) in [5.41, 5.74) is 8.73. The van der Waals surface area contributed by atoms with Crippen molar-refractivity contribution in [3.8, 4) is 0 Å². The van der Waals surface area contributed by atoms with E-state index >= 15 is 0 Å². The predicted molar refractivity (Wildman–Crippen MR) is 67.9 cm³/mol. The van der Waals surface area contributed by atoms with Crippen molar-refractivity contribution < 1.29 is 4.74 Å². The fourth-order valence-electron chi connectivity index (χ4n) is 2.58. The van der Waals surface area contributed by atoms with Gasteiger partial charge in [-0.15, -0.1) is 0 Å². The number of ether oxygens (including phenoxy) is 1. The summed E-state index contributed by atoms with van der Waals surface area (Å²) in [5, 5.41) is 4.48. The van der Waals surface area contributed by atoms with Crippen molar-refractivity contribution in [3.05, 3.63) is 17.5 Å². The molecule has 1 aliphatic rings. The molecule has 2 heterocycles. The Morgan fingerprint density at radius 1 is 1.47 bits per heavy atom. The number of hydrogen-bond acceptors (Lipinski definition) is 3. The second-order valence-electron chi connectivity index (χ2n) is 5.10. The van der Waals surface area contributed by atoms with Gasteiger partial charge in [0.05, 0.1) is 5.69 Å². The van der Waals surface area contributed by atoms with Crippen LogP contribution in [-0.2, 0) is 17.7 Å². The molecular formula is C13H23N3O. The number of aryl methyl sites for hydroxylation is 2. The smallest absolute Gasteiger partial charge is 0.0596 e. The van der Waals surface area contributed by atoms with Crippen molar-refractivity contribution >= 4 is 0 Å². The molecule has 0 amide bonds. The number of hydrogen-bond donors (Lipinski definition) is 1. The number of aromatic nitrogens is 2. The Bertz CT molecular complexity index is 365. The first-order chi connectivity index (χ1) is 8.13. The SMILES string of the molecule is CCn1nc(C)cc1CC1(N)CCCOCC1. The van der Waals surface area contributed by atoms with E-state index in [1.54, 1.807) is 0 Å². The van der Waals surface area contributed by atoms with Crippen LogP contribution in [0.1, 0.15) is 37.6 Å². The van der Waals surface area contributed by atoms with E-state index in [0.717, 1.165) is 51.1 Å². The van der Waals surface area contributed by atoms with Crippen LogP contribution < -0.4 is 5.73 Å². The summed E-state index contributed by atoms with van der Waals surface area (Å²) in [5.74, 6) is 0. The second kappa shape index (κ2) is 5.19. The zero-order valence-corrected chi connectivity index (χ0v) is 10.9. The van der Waals surface area contributed by atoms with Gasteiger partial charge in [0.15, 0.2) is 0 Å². The molecule has 0 aliphatic carbocycles. The van der Waals surface area contributed by atoms with Gasteiger partial charge in [-0.25, -0.2) is 0 Å². The first-order valence-electron chi connectivity index (χ1n) is 6.53. The summed E-state index contributed by atoms with van der Waals surface area (Å²) in [4.78, 5) is 0. The highest BCUT2D eigenvalue weighted by Crippen LogP contribution is 2.23. The topological polar surface area (TPSA) is 53.1 Å². The van der Waals surface area contributed by atoms with Gasteiger partial charge in [0, 0.05) is 37.4 Å². The van der Waals surface area contributed by atoms with Crippen molar-refractivity contribution in [1.82, 2.24) is 9.78 Å². The highest BCUT2D eigenvalue weighted by molar-refractivity contribution is 5.13. The maximum absolute atomic E-state index is 6.50. The molecule has 1 atom stereocenters. The molecule has 1 fully saturated rings. The standard InChI is InChI=1S/C13H23N3O/c1-3-16-12(9-11(2)15-16)10-13(14)5-4-7-17-8-6-13/h9H,3-8,10,14H2,1-2H3. The average molecular weight is 237 g/mol. The van der Waals surface area contributed by atoms with Gasteiger partial charge < -0.3 is 10.5 Å². The summed E-state index contributed by atoms with van der Waals surface area (Å²) >= 11 is 0. The van der Waals surface area contributed by atoms with Gasteiger partial charge >= 0.3 is 0 Å². The van der Waals surface area contributed by atoms with Crippen molar-refractivity contribution in [2.75, 3.05) is 13.2 Å². The molecule has 2 N–H and O–H groups in total. The van der Waals surface area contributed by atoms with Crippen molar-refractivity contribution in [2.24, 2.45) is 5.73 Å². The monoisotopic (exact) mass is 237 g/mol. The third kappa shape index (κ3) is 3.07. The molecule has 4 nitrogen and oxygen atoms in total. The molecule has 2 rings (SSSR count). The van der Waals surface area contributed by atoms with Crippen LogP contribution in [0, 0.1) is 6.92 Å². The van der Waals surface area contributed by atoms with E-state index in [1.165, 1.54) is 5.69 Å². The van der Waals surface area contributed by atoms with E-state index in [9.17, 15) is 0 Å². The van der Waals surface area contributed by atoms with Crippen LogP contribution in [-0.4, -0.2) is 28.5 Å². The summed E-state index contributed by atoms with van der Waals surface area (Å²) in [6, 6.07) is 2.16. The maximum atomic E-state index is 6.50. The molecule has 0 bridgehead atoms. The van der Waals surface area contributed by atoms with Gasteiger partial charge in [-0.05, 0) is 39.2 Å². The molecule has 0 aromatic carbocycles. The van der Waals surface area contributed by atoms with Gasteiger partial charge in [0.2, 0.25) is 0 Å². The molecule has 1 aliphatic heterocycles. The van der Waals surface area contributed by atoms with Crippen molar-refractivity contribution in [1.29, 1.82) is 0 Å². The molecule has 17 heavy (non-hydrogen) atoms. The molecule has 1 saturated heterocycles. The molecule has 0 radical (unpaired) electrons. The molecule has 0 saturated carbocycles. The lowest BCUT2D eigenvalue weighted by Gasteiger charge is -2.27. The molecule has 4 heteroatoms. The van der Waals surface area contributed by atoms with Crippen LogP contribution in [0.3, 0.4) is 0 Å². The van der Waals surface area contributed by atoms with Gasteiger partial charge in [0.25, 0.3) is 0 Å². The number of nitrogens with two attached hydrogens (primary N) is 1. The Kier molecular flexibility index (Phi) is 3.84. The lowest BCUT2D eigenvalue weighted by molar-refractivity contribution is 0.139. The average Bonchev–Trinajstić information content (AvgIpc) is 2.49. The van der Waals surface area contributed by atoms with Crippen molar-refractivity contribution in [3.63, 3.8) is 0 Å². The summed E-state index contributed by atoms with van der Waals surface area (Å²) in [6.07, 6.45) is 3.96. The highest BCUT2D eigenvalue weighted by Gasteiger charge is 2.28. The van der Waals surface area contributed by atoms with Crippen LogP contribution in [0.5, 0.6) is 0 Å².